The highest BCUT2D eigenvalue weighted by Gasteiger charge is 2.27. The first-order chi connectivity index (χ1) is 6.38. The number of hydrogen-bond donors (Lipinski definition) is 1. The number of aryl methyl sites for hydroxylation is 1. The zero-order valence-corrected chi connectivity index (χ0v) is 8.32. The van der Waals surface area contributed by atoms with Crippen molar-refractivity contribution in [2.24, 2.45) is 0 Å². The van der Waals surface area contributed by atoms with Crippen LogP contribution in [0.25, 0.3) is 0 Å². The Morgan fingerprint density at radius 2 is 2.21 bits per heavy atom. The van der Waals surface area contributed by atoms with E-state index in [1.165, 1.54) is 6.20 Å². The van der Waals surface area contributed by atoms with E-state index in [2.05, 4.69) is 4.98 Å². The molecule has 0 aromatic carbocycles. The molecule has 1 heterocycles. The van der Waals surface area contributed by atoms with Gasteiger partial charge in [-0.3, -0.25) is 0 Å². The lowest BCUT2D eigenvalue weighted by molar-refractivity contribution is -0.133. The smallest absolute Gasteiger partial charge is 0.388 e. The number of nitrogens with zero attached hydrogens (tertiary/aromatic N) is 1. The summed E-state index contributed by atoms with van der Waals surface area (Å²) < 4.78 is 35.5. The summed E-state index contributed by atoms with van der Waals surface area (Å²) in [5.41, 5.74) is 0. The SMILES string of the molecule is CC(O)c1cnc(CCC(F)(F)F)s1. The van der Waals surface area contributed by atoms with Crippen LogP contribution in [0.4, 0.5) is 13.2 Å². The monoisotopic (exact) mass is 225 g/mol. The maximum absolute atomic E-state index is 11.8. The minimum Gasteiger partial charge on any atom is -0.388 e. The Labute approximate surface area is 83.4 Å². The zero-order valence-electron chi connectivity index (χ0n) is 7.51. The molecule has 6 heteroatoms. The molecule has 1 rings (SSSR count). The summed E-state index contributed by atoms with van der Waals surface area (Å²) in [5, 5.41) is 9.53. The quantitative estimate of drug-likeness (QED) is 0.857. The van der Waals surface area contributed by atoms with Gasteiger partial charge >= 0.3 is 6.18 Å². The molecule has 0 aliphatic carbocycles. The van der Waals surface area contributed by atoms with E-state index in [4.69, 9.17) is 5.11 Å². The normalized spacial score (nSPS) is 14.4. The molecule has 14 heavy (non-hydrogen) atoms. The van der Waals surface area contributed by atoms with Crippen molar-refractivity contribution >= 4 is 11.3 Å². The van der Waals surface area contributed by atoms with Crippen LogP contribution in [0.2, 0.25) is 0 Å². The van der Waals surface area contributed by atoms with Gasteiger partial charge in [0, 0.05) is 19.0 Å². The van der Waals surface area contributed by atoms with Gasteiger partial charge in [-0.25, -0.2) is 4.98 Å². The molecular formula is C8H10F3NOS. The van der Waals surface area contributed by atoms with Crippen molar-refractivity contribution in [3.05, 3.63) is 16.1 Å². The molecule has 0 aliphatic heterocycles. The van der Waals surface area contributed by atoms with Crippen LogP contribution in [0.3, 0.4) is 0 Å². The van der Waals surface area contributed by atoms with Crippen LogP contribution in [0.5, 0.6) is 0 Å². The number of halogens is 3. The van der Waals surface area contributed by atoms with E-state index >= 15 is 0 Å². The summed E-state index contributed by atoms with van der Waals surface area (Å²) in [6.45, 7) is 1.56. The molecule has 0 saturated carbocycles. The molecule has 1 aromatic rings. The van der Waals surface area contributed by atoms with Gasteiger partial charge in [0.05, 0.1) is 16.0 Å². The lowest BCUT2D eigenvalue weighted by atomic mass is 10.3. The van der Waals surface area contributed by atoms with Crippen molar-refractivity contribution in [1.29, 1.82) is 0 Å². The maximum Gasteiger partial charge on any atom is 0.389 e. The summed E-state index contributed by atoms with van der Waals surface area (Å²) >= 11 is 1.12. The Morgan fingerprint density at radius 3 is 2.64 bits per heavy atom. The third-order valence-electron chi connectivity index (χ3n) is 1.61. The van der Waals surface area contributed by atoms with Gasteiger partial charge in [-0.05, 0) is 6.92 Å². The molecule has 0 saturated heterocycles. The van der Waals surface area contributed by atoms with Gasteiger partial charge in [0.25, 0.3) is 0 Å². The van der Waals surface area contributed by atoms with E-state index in [0.29, 0.717) is 9.88 Å². The molecule has 0 fully saturated rings. The fraction of sp³-hybridized carbons (Fsp3) is 0.625. The van der Waals surface area contributed by atoms with Gasteiger partial charge in [-0.2, -0.15) is 13.2 Å². The molecule has 1 aromatic heterocycles. The van der Waals surface area contributed by atoms with Gasteiger partial charge in [-0.1, -0.05) is 0 Å². The van der Waals surface area contributed by atoms with Crippen molar-refractivity contribution < 1.29 is 18.3 Å². The summed E-state index contributed by atoms with van der Waals surface area (Å²) in [5.74, 6) is 0. The van der Waals surface area contributed by atoms with Crippen molar-refractivity contribution in [2.45, 2.75) is 32.0 Å². The van der Waals surface area contributed by atoms with Crippen LogP contribution < -0.4 is 0 Å². The molecule has 0 aliphatic rings. The van der Waals surface area contributed by atoms with Crippen molar-refractivity contribution in [3.63, 3.8) is 0 Å². The van der Waals surface area contributed by atoms with Crippen molar-refractivity contribution in [3.8, 4) is 0 Å². The lowest BCUT2D eigenvalue weighted by Gasteiger charge is -2.02. The minimum absolute atomic E-state index is 0.110. The second-order valence-corrected chi connectivity index (χ2v) is 4.09. The molecule has 1 N–H and O–H groups in total. The van der Waals surface area contributed by atoms with Crippen LogP contribution in [-0.2, 0) is 6.42 Å². The first-order valence-electron chi connectivity index (χ1n) is 4.08. The van der Waals surface area contributed by atoms with Gasteiger partial charge in [-0.15, -0.1) is 11.3 Å². The largest absolute Gasteiger partial charge is 0.389 e. The summed E-state index contributed by atoms with van der Waals surface area (Å²) in [4.78, 5) is 4.40. The number of alkyl halides is 3. The van der Waals surface area contributed by atoms with Gasteiger partial charge in [0.15, 0.2) is 0 Å². The van der Waals surface area contributed by atoms with Crippen LogP contribution in [0, 0.1) is 0 Å². The third-order valence-corrected chi connectivity index (χ3v) is 2.83. The molecular weight excluding hydrogens is 215 g/mol. The second-order valence-electron chi connectivity index (χ2n) is 2.95. The Hall–Kier alpha value is -0.620. The van der Waals surface area contributed by atoms with Crippen LogP contribution in [0.1, 0.15) is 29.3 Å². The predicted octanol–water partition coefficient (Wildman–Crippen LogP) is 2.69. The first-order valence-corrected chi connectivity index (χ1v) is 4.89. The minimum atomic E-state index is -4.14. The number of hydrogen-bond acceptors (Lipinski definition) is 3. The zero-order chi connectivity index (χ0) is 10.8. The topological polar surface area (TPSA) is 33.1 Å². The van der Waals surface area contributed by atoms with E-state index < -0.39 is 18.7 Å². The Balaban J connectivity index is 2.52. The van der Waals surface area contributed by atoms with Gasteiger partial charge in [0.1, 0.15) is 0 Å². The number of aliphatic hydroxyl groups is 1. The molecule has 1 unspecified atom stereocenters. The second kappa shape index (κ2) is 4.27. The van der Waals surface area contributed by atoms with Gasteiger partial charge in [0.2, 0.25) is 0 Å². The molecule has 0 bridgehead atoms. The standard InChI is InChI=1S/C8H10F3NOS/c1-5(13)6-4-12-7(14-6)2-3-8(9,10)11/h4-5,13H,2-3H2,1H3. The lowest BCUT2D eigenvalue weighted by Crippen LogP contribution is -2.08. The van der Waals surface area contributed by atoms with Crippen LogP contribution in [0.15, 0.2) is 6.20 Å². The molecule has 0 spiro atoms. The Bertz CT molecular complexity index is 295. The van der Waals surface area contributed by atoms with E-state index in [0.717, 1.165) is 11.3 Å². The average Bonchev–Trinajstić information content (AvgIpc) is 2.47. The van der Waals surface area contributed by atoms with E-state index in [9.17, 15) is 13.2 Å². The highest BCUT2D eigenvalue weighted by molar-refractivity contribution is 7.11. The number of rotatable bonds is 3. The maximum atomic E-state index is 11.8. The van der Waals surface area contributed by atoms with Crippen LogP contribution >= 0.6 is 11.3 Å². The predicted molar refractivity (Wildman–Crippen MR) is 47.1 cm³/mol. The van der Waals surface area contributed by atoms with Crippen molar-refractivity contribution in [1.82, 2.24) is 4.98 Å². The number of aromatic nitrogens is 1. The highest BCUT2D eigenvalue weighted by Crippen LogP contribution is 2.25. The summed E-state index contributed by atoms with van der Waals surface area (Å²) in [6, 6.07) is 0. The summed E-state index contributed by atoms with van der Waals surface area (Å²) in [6.07, 6.45) is -4.36. The molecule has 2 nitrogen and oxygen atoms in total. The highest BCUT2D eigenvalue weighted by atomic mass is 32.1. The van der Waals surface area contributed by atoms with E-state index in [-0.39, 0.29) is 6.42 Å². The Morgan fingerprint density at radius 1 is 1.57 bits per heavy atom. The van der Waals surface area contributed by atoms with E-state index in [1.54, 1.807) is 6.92 Å². The molecule has 0 radical (unpaired) electrons. The van der Waals surface area contributed by atoms with Gasteiger partial charge < -0.3 is 5.11 Å². The fourth-order valence-electron chi connectivity index (χ4n) is 0.882. The average molecular weight is 225 g/mol. The van der Waals surface area contributed by atoms with Crippen molar-refractivity contribution in [2.75, 3.05) is 0 Å². The first kappa shape index (κ1) is 11.5. The molecule has 80 valence electrons. The van der Waals surface area contributed by atoms with E-state index in [1.807, 2.05) is 0 Å². The molecule has 0 amide bonds. The summed E-state index contributed by atoms with van der Waals surface area (Å²) in [7, 11) is 0. The molecule has 1 atom stereocenters. The number of thiazole rings is 1. The number of aliphatic hydroxyl groups excluding tert-OH is 1. The third kappa shape index (κ3) is 3.63. The Kier molecular flexibility index (Phi) is 3.49. The fourth-order valence-corrected chi connectivity index (χ4v) is 1.74. The van der Waals surface area contributed by atoms with Crippen LogP contribution in [-0.4, -0.2) is 16.3 Å².